The Labute approximate surface area is 80.0 Å². The first kappa shape index (κ1) is 10.9. The fraction of sp³-hybridized carbons (Fsp3) is 0.333. The van der Waals surface area contributed by atoms with E-state index in [2.05, 4.69) is 5.32 Å². The van der Waals surface area contributed by atoms with Gasteiger partial charge in [-0.05, 0) is 7.05 Å². The van der Waals surface area contributed by atoms with Gasteiger partial charge in [0.05, 0.1) is 11.7 Å². The number of aliphatic hydroxyl groups is 1. The number of nitrogens with one attached hydrogen (secondary N) is 1. The van der Waals surface area contributed by atoms with Crippen LogP contribution in [0.4, 0.5) is 8.78 Å². The summed E-state index contributed by atoms with van der Waals surface area (Å²) in [5, 5.41) is 21.2. The van der Waals surface area contributed by atoms with Crippen LogP contribution >= 0.6 is 0 Å². The number of phenolic OH excluding ortho intramolecular Hbond substituents is 1. The molecule has 0 aliphatic rings. The van der Waals surface area contributed by atoms with E-state index in [1.165, 1.54) is 0 Å². The van der Waals surface area contributed by atoms with Crippen LogP contribution in [0.3, 0.4) is 0 Å². The summed E-state index contributed by atoms with van der Waals surface area (Å²) < 4.78 is 25.7. The third kappa shape index (κ3) is 2.18. The van der Waals surface area contributed by atoms with E-state index in [-0.39, 0.29) is 12.1 Å². The SMILES string of the molecule is CNCC(O)c1c(O)cc(F)cc1F. The molecule has 0 aliphatic heterocycles. The Kier molecular flexibility index (Phi) is 3.38. The Morgan fingerprint density at radius 2 is 2.07 bits per heavy atom. The maximum atomic E-state index is 13.1. The molecule has 3 nitrogen and oxygen atoms in total. The zero-order chi connectivity index (χ0) is 10.7. The van der Waals surface area contributed by atoms with Crippen LogP contribution in [0.2, 0.25) is 0 Å². The topological polar surface area (TPSA) is 52.5 Å². The molecule has 1 atom stereocenters. The highest BCUT2D eigenvalue weighted by Gasteiger charge is 2.17. The molecule has 5 heteroatoms. The minimum atomic E-state index is -1.19. The second-order valence-corrected chi connectivity index (χ2v) is 2.89. The molecule has 0 heterocycles. The Morgan fingerprint density at radius 3 is 2.57 bits per heavy atom. The van der Waals surface area contributed by atoms with E-state index < -0.39 is 23.5 Å². The molecule has 0 spiro atoms. The summed E-state index contributed by atoms with van der Waals surface area (Å²) in [6.07, 6.45) is -1.19. The van der Waals surface area contributed by atoms with Crippen LogP contribution in [-0.2, 0) is 0 Å². The van der Waals surface area contributed by atoms with Crippen molar-refractivity contribution in [2.45, 2.75) is 6.10 Å². The number of hydrogen-bond donors (Lipinski definition) is 3. The Bertz CT molecular complexity index is 308. The monoisotopic (exact) mass is 203 g/mol. The summed E-state index contributed by atoms with van der Waals surface area (Å²) in [4.78, 5) is 0. The minimum absolute atomic E-state index is 0.0795. The number of likely N-dealkylation sites (N-methyl/N-ethyl adjacent to an activating group) is 1. The van der Waals surface area contributed by atoms with Crippen molar-refractivity contribution in [2.75, 3.05) is 13.6 Å². The van der Waals surface area contributed by atoms with E-state index in [0.29, 0.717) is 6.07 Å². The fourth-order valence-corrected chi connectivity index (χ4v) is 1.20. The molecule has 78 valence electrons. The highest BCUT2D eigenvalue weighted by Crippen LogP contribution is 2.27. The normalized spacial score (nSPS) is 12.9. The quantitative estimate of drug-likeness (QED) is 0.684. The largest absolute Gasteiger partial charge is 0.507 e. The summed E-state index contributed by atoms with van der Waals surface area (Å²) in [7, 11) is 1.57. The lowest BCUT2D eigenvalue weighted by molar-refractivity contribution is 0.168. The van der Waals surface area contributed by atoms with Crippen LogP contribution in [0, 0.1) is 11.6 Å². The Morgan fingerprint density at radius 1 is 1.43 bits per heavy atom. The molecule has 1 aromatic carbocycles. The van der Waals surface area contributed by atoms with E-state index in [1.54, 1.807) is 7.05 Å². The predicted octanol–water partition coefficient (Wildman–Crippen LogP) is 0.923. The van der Waals surface area contributed by atoms with Crippen LogP contribution in [0.15, 0.2) is 12.1 Å². The molecule has 0 fully saturated rings. The van der Waals surface area contributed by atoms with Crippen molar-refractivity contribution in [2.24, 2.45) is 0 Å². The first-order valence-corrected chi connectivity index (χ1v) is 4.06. The lowest BCUT2D eigenvalue weighted by atomic mass is 10.1. The third-order valence-corrected chi connectivity index (χ3v) is 1.80. The highest BCUT2D eigenvalue weighted by atomic mass is 19.1. The molecule has 1 unspecified atom stereocenters. The summed E-state index contributed by atoms with van der Waals surface area (Å²) >= 11 is 0. The van der Waals surface area contributed by atoms with Crippen molar-refractivity contribution >= 4 is 0 Å². The van der Waals surface area contributed by atoms with Crippen molar-refractivity contribution in [3.05, 3.63) is 29.3 Å². The molecule has 1 rings (SSSR count). The molecule has 0 aliphatic carbocycles. The number of hydrogen-bond acceptors (Lipinski definition) is 3. The number of phenols is 1. The van der Waals surface area contributed by atoms with Gasteiger partial charge in [-0.1, -0.05) is 0 Å². The molecule has 0 aromatic heterocycles. The Hall–Kier alpha value is -1.20. The van der Waals surface area contributed by atoms with E-state index in [1.807, 2.05) is 0 Å². The molecule has 0 amide bonds. The lowest BCUT2D eigenvalue weighted by Gasteiger charge is -2.12. The first-order valence-electron chi connectivity index (χ1n) is 4.06. The fourth-order valence-electron chi connectivity index (χ4n) is 1.20. The molecule has 0 bridgehead atoms. The van der Waals surface area contributed by atoms with Gasteiger partial charge in [0.1, 0.15) is 17.4 Å². The first-order chi connectivity index (χ1) is 6.56. The second kappa shape index (κ2) is 4.34. The molecule has 0 saturated carbocycles. The zero-order valence-corrected chi connectivity index (χ0v) is 7.59. The second-order valence-electron chi connectivity index (χ2n) is 2.89. The van der Waals surface area contributed by atoms with Gasteiger partial charge in [-0.2, -0.15) is 0 Å². The maximum absolute atomic E-state index is 13.1. The smallest absolute Gasteiger partial charge is 0.135 e. The predicted molar refractivity (Wildman–Crippen MR) is 46.9 cm³/mol. The van der Waals surface area contributed by atoms with Gasteiger partial charge in [0.2, 0.25) is 0 Å². The molecule has 0 radical (unpaired) electrons. The third-order valence-electron chi connectivity index (χ3n) is 1.80. The van der Waals surface area contributed by atoms with Crippen LogP contribution in [0.1, 0.15) is 11.7 Å². The standard InChI is InChI=1S/C9H11F2NO2/c1-12-4-8(14)9-6(11)2-5(10)3-7(9)13/h2-3,8,12-14H,4H2,1H3. The van der Waals surface area contributed by atoms with Gasteiger partial charge in [0, 0.05) is 18.7 Å². The van der Waals surface area contributed by atoms with E-state index in [4.69, 9.17) is 0 Å². The van der Waals surface area contributed by atoms with Crippen molar-refractivity contribution < 1.29 is 19.0 Å². The Balaban J connectivity index is 3.07. The summed E-state index contributed by atoms with van der Waals surface area (Å²) in [6.45, 7) is 0.0795. The number of aliphatic hydroxyl groups excluding tert-OH is 1. The van der Waals surface area contributed by atoms with Crippen LogP contribution in [0.5, 0.6) is 5.75 Å². The number of halogens is 2. The number of benzene rings is 1. The molecular weight excluding hydrogens is 192 g/mol. The van der Waals surface area contributed by atoms with Crippen LogP contribution in [0.25, 0.3) is 0 Å². The number of rotatable bonds is 3. The number of aromatic hydroxyl groups is 1. The van der Waals surface area contributed by atoms with Crippen LogP contribution in [-0.4, -0.2) is 23.8 Å². The minimum Gasteiger partial charge on any atom is -0.507 e. The van der Waals surface area contributed by atoms with Gasteiger partial charge in [-0.15, -0.1) is 0 Å². The summed E-state index contributed by atoms with van der Waals surface area (Å²) in [6, 6.07) is 1.38. The molecule has 14 heavy (non-hydrogen) atoms. The molecule has 0 saturated heterocycles. The van der Waals surface area contributed by atoms with Gasteiger partial charge < -0.3 is 15.5 Å². The summed E-state index contributed by atoms with van der Waals surface area (Å²) in [5.74, 6) is -2.41. The maximum Gasteiger partial charge on any atom is 0.135 e. The van der Waals surface area contributed by atoms with E-state index in [0.717, 1.165) is 6.07 Å². The molecular formula is C9H11F2NO2. The average Bonchev–Trinajstić information content (AvgIpc) is 2.01. The van der Waals surface area contributed by atoms with Crippen molar-refractivity contribution in [3.8, 4) is 5.75 Å². The highest BCUT2D eigenvalue weighted by molar-refractivity contribution is 5.35. The average molecular weight is 203 g/mol. The lowest BCUT2D eigenvalue weighted by Crippen LogP contribution is -2.17. The van der Waals surface area contributed by atoms with Crippen LogP contribution < -0.4 is 5.32 Å². The summed E-state index contributed by atoms with van der Waals surface area (Å²) in [5.41, 5.74) is -0.291. The van der Waals surface area contributed by atoms with Gasteiger partial charge in [0.15, 0.2) is 0 Å². The van der Waals surface area contributed by atoms with E-state index >= 15 is 0 Å². The van der Waals surface area contributed by atoms with Crippen molar-refractivity contribution in [3.63, 3.8) is 0 Å². The van der Waals surface area contributed by atoms with Gasteiger partial charge in [-0.3, -0.25) is 0 Å². The van der Waals surface area contributed by atoms with Crippen molar-refractivity contribution in [1.29, 1.82) is 0 Å². The van der Waals surface area contributed by atoms with Gasteiger partial charge >= 0.3 is 0 Å². The molecule has 1 aromatic rings. The van der Waals surface area contributed by atoms with Gasteiger partial charge in [-0.25, -0.2) is 8.78 Å². The van der Waals surface area contributed by atoms with Gasteiger partial charge in [0.25, 0.3) is 0 Å². The molecule has 3 N–H and O–H groups in total. The zero-order valence-electron chi connectivity index (χ0n) is 7.59. The van der Waals surface area contributed by atoms with E-state index in [9.17, 15) is 19.0 Å². The van der Waals surface area contributed by atoms with Crippen molar-refractivity contribution in [1.82, 2.24) is 5.32 Å².